The van der Waals surface area contributed by atoms with Crippen molar-refractivity contribution in [2.24, 2.45) is 0 Å². The lowest BCUT2D eigenvalue weighted by molar-refractivity contribution is -0.116. The Morgan fingerprint density at radius 2 is 1.93 bits per heavy atom. The zero-order valence-electron chi connectivity index (χ0n) is 14.7. The van der Waals surface area contributed by atoms with Crippen LogP contribution in [0.4, 0.5) is 5.69 Å². The summed E-state index contributed by atoms with van der Waals surface area (Å²) in [6, 6.07) is 12.4. The Morgan fingerprint density at radius 1 is 1.15 bits per heavy atom. The molecule has 0 atom stereocenters. The largest absolute Gasteiger partial charge is 0.348 e. The predicted molar refractivity (Wildman–Crippen MR) is 100 cm³/mol. The van der Waals surface area contributed by atoms with E-state index in [4.69, 9.17) is 0 Å². The minimum absolute atomic E-state index is 0.0132. The number of benzene rings is 1. The number of hydrogen-bond acceptors (Lipinski definition) is 4. The Balaban J connectivity index is 1.68. The second kappa shape index (κ2) is 8.13. The lowest BCUT2D eigenvalue weighted by Crippen LogP contribution is -2.34. The van der Waals surface area contributed by atoms with Gasteiger partial charge in [0.15, 0.2) is 0 Å². The van der Waals surface area contributed by atoms with E-state index < -0.39 is 11.5 Å². The average Bonchev–Trinajstić information content (AvgIpc) is 3.07. The normalized spacial score (nSPS) is 10.4. The Kier molecular flexibility index (Phi) is 5.46. The lowest BCUT2D eigenvalue weighted by Gasteiger charge is -2.09. The van der Waals surface area contributed by atoms with Gasteiger partial charge in [0.1, 0.15) is 12.1 Å². The first-order valence-electron chi connectivity index (χ1n) is 8.36. The molecule has 0 fully saturated rings. The smallest absolute Gasteiger partial charge is 0.263 e. The molecule has 0 saturated heterocycles. The number of aromatic amines is 1. The highest BCUT2D eigenvalue weighted by Crippen LogP contribution is 2.09. The molecule has 2 heterocycles. The van der Waals surface area contributed by atoms with Gasteiger partial charge in [-0.15, -0.1) is 0 Å². The molecule has 0 spiro atoms. The van der Waals surface area contributed by atoms with Gasteiger partial charge in [-0.3, -0.25) is 19.5 Å². The summed E-state index contributed by atoms with van der Waals surface area (Å²) < 4.78 is 1.20. The maximum atomic E-state index is 12.5. The Morgan fingerprint density at radius 3 is 2.63 bits per heavy atom. The van der Waals surface area contributed by atoms with Crippen molar-refractivity contribution in [1.82, 2.24) is 20.1 Å². The number of nitrogens with zero attached hydrogens (tertiary/aromatic N) is 2. The van der Waals surface area contributed by atoms with Crippen LogP contribution in [0.1, 0.15) is 21.6 Å². The summed E-state index contributed by atoms with van der Waals surface area (Å²) >= 11 is 0. The van der Waals surface area contributed by atoms with Crippen molar-refractivity contribution >= 4 is 17.5 Å². The van der Waals surface area contributed by atoms with Gasteiger partial charge in [0.25, 0.3) is 11.5 Å². The van der Waals surface area contributed by atoms with Gasteiger partial charge in [-0.2, -0.15) is 5.10 Å². The second-order valence-corrected chi connectivity index (χ2v) is 5.98. The number of H-pyrrole nitrogens is 1. The number of aromatic nitrogens is 3. The molecule has 138 valence electrons. The zero-order chi connectivity index (χ0) is 19.2. The van der Waals surface area contributed by atoms with Crippen LogP contribution in [0.2, 0.25) is 0 Å². The van der Waals surface area contributed by atoms with E-state index in [2.05, 4.69) is 20.8 Å². The van der Waals surface area contributed by atoms with E-state index in [9.17, 15) is 14.4 Å². The second-order valence-electron chi connectivity index (χ2n) is 5.98. The fourth-order valence-electron chi connectivity index (χ4n) is 2.53. The molecule has 3 aromatic rings. The number of carbonyl (C=O) groups is 2. The topological polar surface area (TPSA) is 109 Å². The van der Waals surface area contributed by atoms with Gasteiger partial charge in [-0.05, 0) is 24.6 Å². The maximum absolute atomic E-state index is 12.5. The minimum atomic E-state index is -0.526. The Hall–Kier alpha value is -3.68. The molecular formula is C19H19N5O3. The van der Waals surface area contributed by atoms with Crippen LogP contribution < -0.4 is 16.2 Å². The summed E-state index contributed by atoms with van der Waals surface area (Å²) in [7, 11) is 0. The van der Waals surface area contributed by atoms with E-state index in [-0.39, 0.29) is 18.0 Å². The molecule has 0 aliphatic carbocycles. The van der Waals surface area contributed by atoms with Gasteiger partial charge in [-0.25, -0.2) is 0 Å². The number of rotatable bonds is 6. The van der Waals surface area contributed by atoms with Crippen LogP contribution in [0.5, 0.6) is 0 Å². The molecule has 8 nitrogen and oxygen atoms in total. The summed E-state index contributed by atoms with van der Waals surface area (Å²) in [6.45, 7) is 1.88. The number of amides is 2. The number of pyridine rings is 1. The highest BCUT2D eigenvalue weighted by molar-refractivity contribution is 5.94. The van der Waals surface area contributed by atoms with Crippen LogP contribution in [0.25, 0.3) is 0 Å². The monoisotopic (exact) mass is 365 g/mol. The molecule has 3 N–H and O–H groups in total. The van der Waals surface area contributed by atoms with E-state index in [1.54, 1.807) is 13.0 Å². The summed E-state index contributed by atoms with van der Waals surface area (Å²) in [5, 5.41) is 11.9. The first-order valence-corrected chi connectivity index (χ1v) is 8.36. The third kappa shape index (κ3) is 4.49. The fraction of sp³-hybridized carbons (Fsp3) is 0.158. The van der Waals surface area contributed by atoms with Crippen molar-refractivity contribution < 1.29 is 9.59 Å². The number of hydrogen-bond donors (Lipinski definition) is 3. The van der Waals surface area contributed by atoms with Gasteiger partial charge < -0.3 is 15.2 Å². The Labute approximate surface area is 155 Å². The Bertz CT molecular complexity index is 1010. The van der Waals surface area contributed by atoms with Gasteiger partial charge in [0.05, 0.1) is 17.6 Å². The van der Waals surface area contributed by atoms with Crippen LogP contribution in [0.15, 0.2) is 59.7 Å². The quantitative estimate of drug-likeness (QED) is 0.614. The molecular weight excluding hydrogens is 346 g/mol. The molecule has 0 unspecified atom stereocenters. The van der Waals surface area contributed by atoms with E-state index in [0.29, 0.717) is 17.9 Å². The van der Waals surface area contributed by atoms with Crippen LogP contribution in [-0.2, 0) is 17.9 Å². The number of aryl methyl sites for hydroxylation is 1. The molecule has 0 bridgehead atoms. The lowest BCUT2D eigenvalue weighted by atomic mass is 10.2. The van der Waals surface area contributed by atoms with Crippen LogP contribution in [-0.4, -0.2) is 26.6 Å². The molecule has 0 saturated carbocycles. The first-order chi connectivity index (χ1) is 13.0. The van der Waals surface area contributed by atoms with E-state index in [1.165, 1.54) is 23.0 Å². The van der Waals surface area contributed by atoms with Crippen molar-refractivity contribution in [2.45, 2.75) is 20.0 Å². The van der Waals surface area contributed by atoms with Crippen molar-refractivity contribution in [2.75, 3.05) is 5.32 Å². The van der Waals surface area contributed by atoms with Crippen LogP contribution >= 0.6 is 0 Å². The summed E-state index contributed by atoms with van der Waals surface area (Å²) in [5.74, 6) is -0.868. The zero-order valence-corrected chi connectivity index (χ0v) is 14.7. The molecule has 1 aromatic carbocycles. The molecule has 2 aromatic heterocycles. The highest BCUT2D eigenvalue weighted by atomic mass is 16.2. The predicted octanol–water partition coefficient (Wildman–Crippen LogP) is 1.45. The molecule has 0 radical (unpaired) electrons. The van der Waals surface area contributed by atoms with Gasteiger partial charge in [-0.1, -0.05) is 30.3 Å². The standard InChI is InChI=1S/C19H19N5O3/c1-13-16(11-21-23-13)22-17(25)12-24-9-5-8-15(19(24)27)18(26)20-10-14-6-3-2-4-7-14/h2-9,11H,10,12H2,1H3,(H,20,26)(H,21,23)(H,22,25). The maximum Gasteiger partial charge on any atom is 0.263 e. The summed E-state index contributed by atoms with van der Waals surface area (Å²) in [5.41, 5.74) is 1.65. The molecule has 8 heteroatoms. The fourth-order valence-corrected chi connectivity index (χ4v) is 2.53. The minimum Gasteiger partial charge on any atom is -0.348 e. The van der Waals surface area contributed by atoms with Gasteiger partial charge >= 0.3 is 0 Å². The SMILES string of the molecule is Cc1[nH]ncc1NC(=O)Cn1cccc(C(=O)NCc2ccccc2)c1=O. The highest BCUT2D eigenvalue weighted by Gasteiger charge is 2.14. The van der Waals surface area contributed by atoms with E-state index >= 15 is 0 Å². The first kappa shape index (κ1) is 18.1. The van der Waals surface area contributed by atoms with Gasteiger partial charge in [0, 0.05) is 12.7 Å². The number of nitrogens with one attached hydrogen (secondary N) is 3. The number of anilines is 1. The third-order valence-corrected chi connectivity index (χ3v) is 3.98. The molecule has 0 aliphatic heterocycles. The van der Waals surface area contributed by atoms with E-state index in [0.717, 1.165) is 5.56 Å². The molecule has 3 rings (SSSR count). The summed E-state index contributed by atoms with van der Waals surface area (Å²) in [6.07, 6.45) is 2.96. The van der Waals surface area contributed by atoms with Crippen molar-refractivity contribution in [3.05, 3.63) is 82.0 Å². The van der Waals surface area contributed by atoms with Crippen molar-refractivity contribution in [3.8, 4) is 0 Å². The summed E-state index contributed by atoms with van der Waals surface area (Å²) in [4.78, 5) is 37.0. The number of carbonyl (C=O) groups excluding carboxylic acids is 2. The van der Waals surface area contributed by atoms with Crippen LogP contribution in [0.3, 0.4) is 0 Å². The third-order valence-electron chi connectivity index (χ3n) is 3.98. The average molecular weight is 365 g/mol. The molecule has 0 aliphatic rings. The van der Waals surface area contributed by atoms with Crippen molar-refractivity contribution in [3.63, 3.8) is 0 Å². The van der Waals surface area contributed by atoms with Crippen LogP contribution in [0, 0.1) is 6.92 Å². The molecule has 2 amide bonds. The van der Waals surface area contributed by atoms with Gasteiger partial charge in [0.2, 0.25) is 5.91 Å². The van der Waals surface area contributed by atoms with E-state index in [1.807, 2.05) is 30.3 Å². The van der Waals surface area contributed by atoms with Crippen molar-refractivity contribution in [1.29, 1.82) is 0 Å². The molecule has 27 heavy (non-hydrogen) atoms.